The normalized spacial score (nSPS) is 22.1. The minimum atomic E-state index is -0.448. The number of hydrogen-bond donors (Lipinski definition) is 1. The number of benzene rings is 1. The molecular weight excluding hydrogens is 280 g/mol. The number of esters is 1. The fraction of sp³-hybridized carbons (Fsp3) is 0.529. The number of amides is 1. The molecule has 120 valence electrons. The van der Waals surface area contributed by atoms with Crippen molar-refractivity contribution in [3.63, 3.8) is 0 Å². The second-order valence-electron chi connectivity index (χ2n) is 6.23. The van der Waals surface area contributed by atoms with Crippen LogP contribution in [0.3, 0.4) is 0 Å². The number of piperidine rings is 1. The zero-order valence-electron chi connectivity index (χ0n) is 13.5. The van der Waals surface area contributed by atoms with E-state index in [2.05, 4.69) is 24.1 Å². The Morgan fingerprint density at radius 3 is 2.50 bits per heavy atom. The first-order chi connectivity index (χ1) is 10.5. The van der Waals surface area contributed by atoms with Crippen LogP contribution in [-0.4, -0.2) is 43.5 Å². The van der Waals surface area contributed by atoms with E-state index in [1.165, 1.54) is 13.5 Å². The van der Waals surface area contributed by atoms with Gasteiger partial charge in [-0.3, -0.25) is 9.69 Å². The van der Waals surface area contributed by atoms with Gasteiger partial charge >= 0.3 is 5.97 Å². The summed E-state index contributed by atoms with van der Waals surface area (Å²) in [5, 5.41) is 2.82. The van der Waals surface area contributed by atoms with Crippen molar-refractivity contribution in [3.05, 3.63) is 29.8 Å². The summed E-state index contributed by atoms with van der Waals surface area (Å²) in [6, 6.07) is 6.89. The Morgan fingerprint density at radius 2 is 1.86 bits per heavy atom. The number of likely N-dealkylation sites (tertiary alicyclic amines) is 1. The predicted octanol–water partition coefficient (Wildman–Crippen LogP) is 2.39. The molecule has 22 heavy (non-hydrogen) atoms. The number of hydrogen-bond acceptors (Lipinski definition) is 4. The second kappa shape index (κ2) is 7.40. The Kier molecular flexibility index (Phi) is 5.55. The number of anilines is 1. The standard InChI is InChI=1S/C17H24N2O3/c1-12-8-13(2)10-19(9-12)11-16(20)18-15-7-5-4-6-14(15)17(21)22-3/h4-7,12-13H,8-11H2,1-3H3,(H,18,20)/t12-,13-/m1/s1. The molecule has 0 aromatic heterocycles. The lowest BCUT2D eigenvalue weighted by Gasteiger charge is -2.34. The third-order valence-corrected chi connectivity index (χ3v) is 3.92. The maximum absolute atomic E-state index is 12.3. The van der Waals surface area contributed by atoms with Gasteiger partial charge in [-0.1, -0.05) is 26.0 Å². The smallest absolute Gasteiger partial charge is 0.339 e. The molecule has 0 spiro atoms. The van der Waals surface area contributed by atoms with E-state index in [1.54, 1.807) is 24.3 Å². The van der Waals surface area contributed by atoms with Crippen molar-refractivity contribution < 1.29 is 14.3 Å². The monoisotopic (exact) mass is 304 g/mol. The van der Waals surface area contributed by atoms with Crippen LogP contribution in [0.5, 0.6) is 0 Å². The van der Waals surface area contributed by atoms with Crippen molar-refractivity contribution in [2.24, 2.45) is 11.8 Å². The first-order valence-corrected chi connectivity index (χ1v) is 7.69. The van der Waals surface area contributed by atoms with E-state index in [4.69, 9.17) is 4.74 Å². The van der Waals surface area contributed by atoms with Crippen LogP contribution < -0.4 is 5.32 Å². The molecule has 0 saturated carbocycles. The summed E-state index contributed by atoms with van der Waals surface area (Å²) in [5.74, 6) is 0.673. The average molecular weight is 304 g/mol. The zero-order chi connectivity index (χ0) is 16.1. The number of carbonyl (C=O) groups is 2. The summed E-state index contributed by atoms with van der Waals surface area (Å²) in [6.07, 6.45) is 1.21. The molecule has 1 fully saturated rings. The number of nitrogens with zero attached hydrogens (tertiary/aromatic N) is 1. The lowest BCUT2D eigenvalue weighted by atomic mass is 9.92. The van der Waals surface area contributed by atoms with Crippen LogP contribution in [0.1, 0.15) is 30.6 Å². The van der Waals surface area contributed by atoms with E-state index in [1.807, 2.05) is 0 Å². The molecular formula is C17H24N2O3. The first-order valence-electron chi connectivity index (χ1n) is 7.69. The summed E-state index contributed by atoms with van der Waals surface area (Å²) in [7, 11) is 1.33. The number of ether oxygens (including phenoxy) is 1. The van der Waals surface area contributed by atoms with E-state index in [-0.39, 0.29) is 5.91 Å². The highest BCUT2D eigenvalue weighted by Crippen LogP contribution is 2.21. The molecule has 1 aliphatic heterocycles. The van der Waals surface area contributed by atoms with Crippen molar-refractivity contribution in [3.8, 4) is 0 Å². The number of para-hydroxylation sites is 1. The van der Waals surface area contributed by atoms with Gasteiger partial charge in [-0.05, 0) is 30.4 Å². The molecule has 1 amide bonds. The maximum Gasteiger partial charge on any atom is 0.339 e. The maximum atomic E-state index is 12.3. The van der Waals surface area contributed by atoms with Gasteiger partial charge in [-0.2, -0.15) is 0 Å². The zero-order valence-corrected chi connectivity index (χ0v) is 13.5. The minimum absolute atomic E-state index is 0.0994. The minimum Gasteiger partial charge on any atom is -0.465 e. The Labute approximate surface area is 131 Å². The molecule has 1 heterocycles. The molecule has 2 atom stereocenters. The molecule has 1 aromatic rings. The Hall–Kier alpha value is -1.88. The van der Waals surface area contributed by atoms with Crippen LogP contribution in [0.25, 0.3) is 0 Å². The van der Waals surface area contributed by atoms with Crippen molar-refractivity contribution in [1.82, 2.24) is 4.90 Å². The molecule has 0 unspecified atom stereocenters. The fourth-order valence-corrected chi connectivity index (χ4v) is 3.19. The molecule has 1 aromatic carbocycles. The third kappa shape index (κ3) is 4.31. The van der Waals surface area contributed by atoms with E-state index >= 15 is 0 Å². The van der Waals surface area contributed by atoms with Crippen LogP contribution in [0, 0.1) is 11.8 Å². The van der Waals surface area contributed by atoms with Gasteiger partial charge in [0, 0.05) is 13.1 Å². The second-order valence-corrected chi connectivity index (χ2v) is 6.23. The molecule has 5 heteroatoms. The largest absolute Gasteiger partial charge is 0.465 e. The van der Waals surface area contributed by atoms with Gasteiger partial charge in [0.25, 0.3) is 0 Å². The Balaban J connectivity index is 1.99. The van der Waals surface area contributed by atoms with Crippen molar-refractivity contribution in [2.75, 3.05) is 32.1 Å². The van der Waals surface area contributed by atoms with E-state index in [9.17, 15) is 9.59 Å². The van der Waals surface area contributed by atoms with Crippen LogP contribution in [0.2, 0.25) is 0 Å². The van der Waals surface area contributed by atoms with Gasteiger partial charge < -0.3 is 10.1 Å². The highest BCUT2D eigenvalue weighted by atomic mass is 16.5. The first kappa shape index (κ1) is 16.5. The van der Waals surface area contributed by atoms with Crippen LogP contribution in [0.15, 0.2) is 24.3 Å². The van der Waals surface area contributed by atoms with Crippen molar-refractivity contribution in [2.45, 2.75) is 20.3 Å². The highest BCUT2D eigenvalue weighted by molar-refractivity contribution is 6.01. The molecule has 0 bridgehead atoms. The van der Waals surface area contributed by atoms with Gasteiger partial charge in [-0.15, -0.1) is 0 Å². The average Bonchev–Trinajstić information content (AvgIpc) is 2.45. The molecule has 0 aliphatic carbocycles. The predicted molar refractivity (Wildman–Crippen MR) is 85.8 cm³/mol. The number of nitrogens with one attached hydrogen (secondary N) is 1. The highest BCUT2D eigenvalue weighted by Gasteiger charge is 2.23. The summed E-state index contributed by atoms with van der Waals surface area (Å²) in [6.45, 7) is 6.66. The number of rotatable bonds is 4. The third-order valence-electron chi connectivity index (χ3n) is 3.92. The molecule has 1 N–H and O–H groups in total. The van der Waals surface area contributed by atoms with E-state index < -0.39 is 5.97 Å². The van der Waals surface area contributed by atoms with Crippen molar-refractivity contribution >= 4 is 17.6 Å². The molecule has 2 rings (SSSR count). The molecule has 1 saturated heterocycles. The SMILES string of the molecule is COC(=O)c1ccccc1NC(=O)CN1C[C@H](C)C[C@@H](C)C1. The van der Waals surface area contributed by atoms with E-state index in [0.29, 0.717) is 29.6 Å². The topological polar surface area (TPSA) is 58.6 Å². The molecule has 0 radical (unpaired) electrons. The van der Waals surface area contributed by atoms with Gasteiger partial charge in [0.1, 0.15) is 0 Å². The summed E-state index contributed by atoms with van der Waals surface area (Å²) >= 11 is 0. The Bertz CT molecular complexity index is 534. The van der Waals surface area contributed by atoms with Crippen molar-refractivity contribution in [1.29, 1.82) is 0 Å². The lowest BCUT2D eigenvalue weighted by Crippen LogP contribution is -2.42. The quantitative estimate of drug-likeness (QED) is 0.868. The van der Waals surface area contributed by atoms with Gasteiger partial charge in [0.2, 0.25) is 5.91 Å². The van der Waals surface area contributed by atoms with Crippen LogP contribution >= 0.6 is 0 Å². The number of methoxy groups -OCH3 is 1. The fourth-order valence-electron chi connectivity index (χ4n) is 3.19. The van der Waals surface area contributed by atoms with Gasteiger partial charge in [-0.25, -0.2) is 4.79 Å². The van der Waals surface area contributed by atoms with E-state index in [0.717, 1.165) is 13.1 Å². The number of carbonyl (C=O) groups excluding carboxylic acids is 2. The Morgan fingerprint density at radius 1 is 1.23 bits per heavy atom. The van der Waals surface area contributed by atoms with Gasteiger partial charge in [0.15, 0.2) is 0 Å². The van der Waals surface area contributed by atoms with Crippen LogP contribution in [-0.2, 0) is 9.53 Å². The molecule has 5 nitrogen and oxygen atoms in total. The molecule has 1 aliphatic rings. The summed E-state index contributed by atoms with van der Waals surface area (Å²) in [4.78, 5) is 26.1. The summed E-state index contributed by atoms with van der Waals surface area (Å²) in [5.41, 5.74) is 0.871. The van der Waals surface area contributed by atoms with Crippen LogP contribution in [0.4, 0.5) is 5.69 Å². The summed E-state index contributed by atoms with van der Waals surface area (Å²) < 4.78 is 4.74. The lowest BCUT2D eigenvalue weighted by molar-refractivity contribution is -0.117. The van der Waals surface area contributed by atoms with Gasteiger partial charge in [0.05, 0.1) is 24.9 Å².